The Balaban J connectivity index is 0.000000441. The first kappa shape index (κ1) is 22.7. The van der Waals surface area contributed by atoms with Crippen LogP contribution in [0.25, 0.3) is 0 Å². The molecule has 4 nitrogen and oxygen atoms in total. The highest BCUT2D eigenvalue weighted by atomic mass is 16.5. The summed E-state index contributed by atoms with van der Waals surface area (Å²) in [5.41, 5.74) is 0. The molecular weight excluding hydrogens is 304 g/mol. The topological polar surface area (TPSA) is 52.6 Å². The van der Waals surface area contributed by atoms with Gasteiger partial charge in [-0.25, -0.2) is 0 Å². The molecule has 140 valence electrons. The summed E-state index contributed by atoms with van der Waals surface area (Å²) in [5, 5.41) is 0. The van der Waals surface area contributed by atoms with Crippen LogP contribution in [0.1, 0.15) is 85.0 Å². The highest BCUT2D eigenvalue weighted by molar-refractivity contribution is 5.69. The summed E-state index contributed by atoms with van der Waals surface area (Å²) < 4.78 is 9.68. The Hall–Kier alpha value is -1.32. The molecule has 0 aliphatic heterocycles. The van der Waals surface area contributed by atoms with Crippen molar-refractivity contribution in [3.63, 3.8) is 0 Å². The fraction of sp³-hybridized carbons (Fsp3) is 0.800. The van der Waals surface area contributed by atoms with Gasteiger partial charge in [0.25, 0.3) is 0 Å². The maximum absolute atomic E-state index is 11.1. The molecule has 0 aromatic carbocycles. The molecule has 0 atom stereocenters. The van der Waals surface area contributed by atoms with Gasteiger partial charge in [-0.2, -0.15) is 0 Å². The molecule has 0 heterocycles. The first-order valence-electron chi connectivity index (χ1n) is 9.60. The van der Waals surface area contributed by atoms with Gasteiger partial charge in [-0.15, -0.1) is 0 Å². The zero-order chi connectivity index (χ0) is 18.0. The van der Waals surface area contributed by atoms with Crippen molar-refractivity contribution in [2.75, 3.05) is 13.2 Å². The maximum Gasteiger partial charge on any atom is 0.306 e. The van der Waals surface area contributed by atoms with Crippen molar-refractivity contribution < 1.29 is 19.1 Å². The zero-order valence-electron chi connectivity index (χ0n) is 15.9. The lowest BCUT2D eigenvalue weighted by Crippen LogP contribution is -2.14. The maximum atomic E-state index is 11.1. The third-order valence-corrected chi connectivity index (χ3v) is 3.93. The Morgan fingerprint density at radius 2 is 1.46 bits per heavy atom. The van der Waals surface area contributed by atoms with E-state index in [-0.39, 0.29) is 11.9 Å². The van der Waals surface area contributed by atoms with E-state index in [1.807, 2.05) is 19.9 Å². The number of rotatable bonds is 9. The minimum atomic E-state index is -0.0985. The molecule has 0 unspecified atom stereocenters. The molecule has 0 N–H and O–H groups in total. The van der Waals surface area contributed by atoms with E-state index in [0.29, 0.717) is 32.0 Å². The van der Waals surface area contributed by atoms with Crippen LogP contribution in [0, 0.1) is 5.92 Å². The lowest BCUT2D eigenvalue weighted by Gasteiger charge is -2.20. The molecule has 0 saturated heterocycles. The number of unbranched alkanes of at least 4 members (excludes halogenated alkanes) is 1. The summed E-state index contributed by atoms with van der Waals surface area (Å²) >= 11 is 0. The minimum Gasteiger partial charge on any atom is -0.466 e. The van der Waals surface area contributed by atoms with Crippen LogP contribution in [-0.4, -0.2) is 25.2 Å². The molecule has 0 amide bonds. The summed E-state index contributed by atoms with van der Waals surface area (Å²) in [5.74, 6) is 0.501. The number of carbonyl (C=O) groups is 2. The van der Waals surface area contributed by atoms with Crippen molar-refractivity contribution in [3.8, 4) is 0 Å². The second-order valence-electron chi connectivity index (χ2n) is 6.12. The monoisotopic (exact) mass is 340 g/mol. The number of ether oxygens (including phenoxy) is 2. The van der Waals surface area contributed by atoms with Crippen molar-refractivity contribution in [2.24, 2.45) is 5.92 Å². The fourth-order valence-corrected chi connectivity index (χ4v) is 2.68. The van der Waals surface area contributed by atoms with Crippen molar-refractivity contribution in [2.45, 2.75) is 85.0 Å². The minimum absolute atomic E-state index is 0.00981. The summed E-state index contributed by atoms with van der Waals surface area (Å²) in [6, 6.07) is 0. The van der Waals surface area contributed by atoms with E-state index >= 15 is 0 Å². The average molecular weight is 341 g/mol. The molecule has 24 heavy (non-hydrogen) atoms. The van der Waals surface area contributed by atoms with E-state index in [0.717, 1.165) is 19.3 Å². The number of esters is 2. The van der Waals surface area contributed by atoms with Crippen LogP contribution >= 0.6 is 0 Å². The number of allylic oxidation sites excluding steroid dienone is 2. The van der Waals surface area contributed by atoms with Crippen LogP contribution in [0.5, 0.6) is 0 Å². The lowest BCUT2D eigenvalue weighted by atomic mass is 9.87. The van der Waals surface area contributed by atoms with Crippen LogP contribution in [0.2, 0.25) is 0 Å². The molecule has 0 aromatic heterocycles. The molecule has 4 heteroatoms. The summed E-state index contributed by atoms with van der Waals surface area (Å²) in [6.45, 7) is 6.82. The van der Waals surface area contributed by atoms with Crippen LogP contribution in [-0.2, 0) is 19.1 Å². The van der Waals surface area contributed by atoms with Crippen LogP contribution < -0.4 is 0 Å². The first-order valence-corrected chi connectivity index (χ1v) is 9.60. The van der Waals surface area contributed by atoms with E-state index in [2.05, 4.69) is 13.0 Å². The predicted molar refractivity (Wildman–Crippen MR) is 97.7 cm³/mol. The van der Waals surface area contributed by atoms with Gasteiger partial charge >= 0.3 is 11.9 Å². The molecule has 1 rings (SSSR count). The van der Waals surface area contributed by atoms with E-state index in [4.69, 9.17) is 9.47 Å². The summed E-state index contributed by atoms with van der Waals surface area (Å²) in [4.78, 5) is 21.9. The van der Waals surface area contributed by atoms with Crippen molar-refractivity contribution in [1.29, 1.82) is 0 Å². The Labute approximate surface area is 148 Å². The lowest BCUT2D eigenvalue weighted by molar-refractivity contribution is -0.144. The molecule has 0 aromatic rings. The van der Waals surface area contributed by atoms with Crippen LogP contribution in [0.15, 0.2) is 12.2 Å². The predicted octanol–water partition coefficient (Wildman–Crippen LogP) is 5.21. The van der Waals surface area contributed by atoms with Gasteiger partial charge in [0.2, 0.25) is 0 Å². The summed E-state index contributed by atoms with van der Waals surface area (Å²) in [6.07, 6.45) is 14.8. The quantitative estimate of drug-likeness (QED) is 0.427. The van der Waals surface area contributed by atoms with E-state index < -0.39 is 0 Å². The molecule has 1 aliphatic carbocycles. The van der Waals surface area contributed by atoms with Gasteiger partial charge < -0.3 is 9.47 Å². The summed E-state index contributed by atoms with van der Waals surface area (Å²) in [7, 11) is 0. The van der Waals surface area contributed by atoms with Gasteiger partial charge in [-0.3, -0.25) is 9.59 Å². The second kappa shape index (κ2) is 16.5. The highest BCUT2D eigenvalue weighted by Gasteiger charge is 2.17. The van der Waals surface area contributed by atoms with Crippen molar-refractivity contribution in [1.82, 2.24) is 0 Å². The van der Waals surface area contributed by atoms with Gasteiger partial charge in [0.05, 0.1) is 13.2 Å². The van der Waals surface area contributed by atoms with E-state index in [9.17, 15) is 9.59 Å². The largest absolute Gasteiger partial charge is 0.466 e. The van der Waals surface area contributed by atoms with Gasteiger partial charge in [0.1, 0.15) is 0 Å². The second-order valence-corrected chi connectivity index (χ2v) is 6.12. The van der Waals surface area contributed by atoms with Crippen molar-refractivity contribution in [3.05, 3.63) is 12.2 Å². The molecule has 0 radical (unpaired) electrons. The first-order chi connectivity index (χ1) is 11.6. The number of hydrogen-bond donors (Lipinski definition) is 0. The van der Waals surface area contributed by atoms with Gasteiger partial charge in [-0.05, 0) is 45.4 Å². The van der Waals surface area contributed by atoms with Crippen molar-refractivity contribution >= 4 is 11.9 Å². The van der Waals surface area contributed by atoms with E-state index in [1.165, 1.54) is 32.1 Å². The normalized spacial score (nSPS) is 14.8. The zero-order valence-corrected chi connectivity index (χ0v) is 15.9. The van der Waals surface area contributed by atoms with Gasteiger partial charge in [0, 0.05) is 12.8 Å². The van der Waals surface area contributed by atoms with Gasteiger partial charge in [0.15, 0.2) is 0 Å². The Morgan fingerprint density at radius 3 is 2.04 bits per heavy atom. The fourth-order valence-electron chi connectivity index (χ4n) is 2.68. The Bertz CT molecular complexity index is 344. The van der Waals surface area contributed by atoms with Gasteiger partial charge in [-0.1, -0.05) is 44.8 Å². The molecule has 0 bridgehead atoms. The average Bonchev–Trinajstić information content (AvgIpc) is 2.57. The molecule has 1 saturated carbocycles. The van der Waals surface area contributed by atoms with E-state index in [1.54, 1.807) is 0 Å². The highest BCUT2D eigenvalue weighted by Crippen LogP contribution is 2.26. The van der Waals surface area contributed by atoms with Crippen LogP contribution in [0.3, 0.4) is 0 Å². The standard InChI is InChI=1S/2C10H18O2/c1-2-12-10(11)8-9-6-4-3-5-7-9;1-3-5-6-7-8-9-10(11)12-4-2/h9H,2-8H2,1H3;6-7H,3-5,8-9H2,1-2H3/b;7-6-. The SMILES string of the molecule is CCC/C=C\CCC(=O)OCC.CCOC(=O)CC1CCCCC1. The smallest absolute Gasteiger partial charge is 0.306 e. The van der Waals surface area contributed by atoms with Crippen LogP contribution in [0.4, 0.5) is 0 Å². The molecule has 0 spiro atoms. The third-order valence-electron chi connectivity index (χ3n) is 3.93. The molecular formula is C20H36O4. The number of hydrogen-bond acceptors (Lipinski definition) is 4. The molecule has 1 aliphatic rings. The Morgan fingerprint density at radius 1 is 0.875 bits per heavy atom. The number of carbonyl (C=O) groups excluding carboxylic acids is 2. The molecule has 1 fully saturated rings. The Kier molecular flexibility index (Phi) is 15.6. The third kappa shape index (κ3) is 14.3.